The van der Waals surface area contributed by atoms with E-state index in [0.717, 1.165) is 16.2 Å². The van der Waals surface area contributed by atoms with Crippen molar-refractivity contribution < 1.29 is 0 Å². The van der Waals surface area contributed by atoms with E-state index >= 15 is 0 Å². The van der Waals surface area contributed by atoms with E-state index < -0.39 is 0 Å². The van der Waals surface area contributed by atoms with Crippen LogP contribution in [-0.2, 0) is 0 Å². The van der Waals surface area contributed by atoms with Crippen molar-refractivity contribution in [2.45, 2.75) is 13.3 Å². The van der Waals surface area contributed by atoms with E-state index in [1.54, 1.807) is 11.8 Å². The van der Waals surface area contributed by atoms with Gasteiger partial charge < -0.3 is 0 Å². The molecule has 1 aliphatic rings. The number of fused-ring (bicyclic) bond motifs is 6. The van der Waals surface area contributed by atoms with Crippen LogP contribution in [0.15, 0.2) is 59.9 Å². The predicted molar refractivity (Wildman–Crippen MR) is 149 cm³/mol. The second-order valence-electron chi connectivity index (χ2n) is 7.18. The van der Waals surface area contributed by atoms with E-state index in [1.165, 1.54) is 53.6 Å². The Morgan fingerprint density at radius 3 is 2.23 bits per heavy atom. The summed E-state index contributed by atoms with van der Waals surface area (Å²) in [6.45, 7) is 10.3. The van der Waals surface area contributed by atoms with Gasteiger partial charge >= 0.3 is 0 Å². The summed E-state index contributed by atoms with van der Waals surface area (Å²) >= 11 is 11.1. The molecule has 0 fully saturated rings. The van der Waals surface area contributed by atoms with Crippen molar-refractivity contribution in [3.05, 3.63) is 69.6 Å². The second kappa shape index (κ2) is 7.40. The molecule has 5 heterocycles. The largest absolute Gasteiger partial charge is 0.134 e. The molecular formula is C24H16S6. The van der Waals surface area contributed by atoms with Gasteiger partial charge in [0.1, 0.15) is 0 Å². The summed E-state index contributed by atoms with van der Waals surface area (Å²) in [5, 5.41) is 5.00. The van der Waals surface area contributed by atoms with Gasteiger partial charge in [-0.25, -0.2) is 0 Å². The number of hydrogen-bond donors (Lipinski definition) is 0. The third-order valence-electron chi connectivity index (χ3n) is 4.95. The van der Waals surface area contributed by atoms with E-state index in [-0.39, 0.29) is 0 Å². The Labute approximate surface area is 199 Å². The third kappa shape index (κ3) is 3.17. The van der Waals surface area contributed by atoms with E-state index in [2.05, 4.69) is 55.0 Å². The molecule has 0 saturated heterocycles. The van der Waals surface area contributed by atoms with Crippen LogP contribution < -0.4 is 0 Å². The molecule has 1 aromatic carbocycles. The van der Waals surface area contributed by atoms with E-state index in [0.29, 0.717) is 0 Å². The van der Waals surface area contributed by atoms with Crippen LogP contribution in [0.3, 0.4) is 0 Å². The van der Waals surface area contributed by atoms with Crippen molar-refractivity contribution in [2.24, 2.45) is 0 Å². The van der Waals surface area contributed by atoms with Crippen molar-refractivity contribution >= 4 is 118 Å². The maximum Gasteiger partial charge on any atom is 0.0536 e. The lowest BCUT2D eigenvalue weighted by Crippen LogP contribution is -1.75. The topological polar surface area (TPSA) is 0 Å². The average molecular weight is 497 g/mol. The highest BCUT2D eigenvalue weighted by molar-refractivity contribution is 8.12. The van der Waals surface area contributed by atoms with Gasteiger partial charge in [0, 0.05) is 49.1 Å². The minimum absolute atomic E-state index is 1.04. The Morgan fingerprint density at radius 1 is 0.867 bits per heavy atom. The quantitative estimate of drug-likeness (QED) is 0.243. The van der Waals surface area contributed by atoms with Gasteiger partial charge in [-0.2, -0.15) is 0 Å². The number of hydrogen-bond acceptors (Lipinski definition) is 6. The molecule has 0 atom stereocenters. The molecule has 1 aliphatic heterocycles. The standard InChI is InChI=1S/C24H16S6/c1-12(2)26-13(3)17-10-21-23(29-17)14-8-19-15(9-18(14)27-21)24-22(28-19)11-20(30-24)16-6-4-5-7-25-16/h5-11H,1,3-4H2,2H3. The first kappa shape index (κ1) is 19.4. The number of thiophene rings is 4. The number of rotatable bonds is 4. The van der Waals surface area contributed by atoms with Gasteiger partial charge in [0.2, 0.25) is 0 Å². The Kier molecular flexibility index (Phi) is 4.79. The van der Waals surface area contributed by atoms with Crippen molar-refractivity contribution in [3.8, 4) is 0 Å². The Morgan fingerprint density at radius 2 is 1.57 bits per heavy atom. The first-order valence-corrected chi connectivity index (χ1v) is 14.4. The number of thioether (sulfide) groups is 2. The summed E-state index contributed by atoms with van der Waals surface area (Å²) in [5.74, 6) is 0. The van der Waals surface area contributed by atoms with Crippen LogP contribution in [0.25, 0.3) is 48.8 Å². The summed E-state index contributed by atoms with van der Waals surface area (Å²) < 4.78 is 8.38. The van der Waals surface area contributed by atoms with Crippen LogP contribution in [0.1, 0.15) is 23.1 Å². The summed E-state index contributed by atoms with van der Waals surface area (Å²) in [4.78, 5) is 6.24. The molecule has 5 aromatic rings. The van der Waals surface area contributed by atoms with Crippen LogP contribution in [0.2, 0.25) is 0 Å². The second-order valence-corrected chi connectivity index (χ2v) is 13.8. The first-order valence-electron chi connectivity index (χ1n) is 9.44. The highest BCUT2D eigenvalue weighted by Gasteiger charge is 2.17. The third-order valence-corrected chi connectivity index (χ3v) is 11.9. The van der Waals surface area contributed by atoms with Gasteiger partial charge in [-0.05, 0) is 47.9 Å². The minimum Gasteiger partial charge on any atom is -0.134 e. The molecule has 6 heteroatoms. The van der Waals surface area contributed by atoms with E-state index in [9.17, 15) is 0 Å². The van der Waals surface area contributed by atoms with Crippen molar-refractivity contribution in [2.75, 3.05) is 0 Å². The van der Waals surface area contributed by atoms with Crippen LogP contribution in [0.4, 0.5) is 0 Å². The van der Waals surface area contributed by atoms with Crippen LogP contribution in [0.5, 0.6) is 0 Å². The van der Waals surface area contributed by atoms with Gasteiger partial charge in [-0.15, -0.1) is 45.3 Å². The van der Waals surface area contributed by atoms with E-state index in [1.807, 2.05) is 64.0 Å². The van der Waals surface area contributed by atoms with Gasteiger partial charge in [-0.1, -0.05) is 48.8 Å². The zero-order chi connectivity index (χ0) is 20.4. The fourth-order valence-electron chi connectivity index (χ4n) is 3.67. The lowest BCUT2D eigenvalue weighted by Gasteiger charge is -2.04. The molecule has 0 radical (unpaired) electrons. The van der Waals surface area contributed by atoms with Crippen LogP contribution >= 0.6 is 68.9 Å². The number of allylic oxidation sites excluding steroid dienone is 3. The highest BCUT2D eigenvalue weighted by Crippen LogP contribution is 2.49. The maximum atomic E-state index is 4.25. The fourth-order valence-corrected chi connectivity index (χ4v) is 10.4. The van der Waals surface area contributed by atoms with Crippen molar-refractivity contribution in [1.29, 1.82) is 0 Å². The molecule has 0 bridgehead atoms. The summed E-state index contributed by atoms with van der Waals surface area (Å²) in [6, 6.07) is 9.51. The smallest absolute Gasteiger partial charge is 0.0536 e. The van der Waals surface area contributed by atoms with Gasteiger partial charge in [-0.3, -0.25) is 0 Å². The lowest BCUT2D eigenvalue weighted by molar-refractivity contribution is 1.41. The molecule has 30 heavy (non-hydrogen) atoms. The number of benzene rings is 1. The van der Waals surface area contributed by atoms with Crippen molar-refractivity contribution in [3.63, 3.8) is 0 Å². The normalized spacial score (nSPS) is 14.4. The van der Waals surface area contributed by atoms with Crippen molar-refractivity contribution in [1.82, 2.24) is 0 Å². The molecule has 148 valence electrons. The molecule has 0 saturated carbocycles. The monoisotopic (exact) mass is 496 g/mol. The predicted octanol–water partition coefficient (Wildman–Crippen LogP) is 10.8. The summed E-state index contributed by atoms with van der Waals surface area (Å²) in [6.07, 6.45) is 5.60. The molecule has 0 N–H and O–H groups in total. The fraction of sp³-hybridized carbons (Fsp3) is 0.0833. The highest BCUT2D eigenvalue weighted by atomic mass is 32.2. The molecule has 0 spiro atoms. The molecule has 0 unspecified atom stereocenters. The van der Waals surface area contributed by atoms with Crippen LogP contribution in [0, 0.1) is 0 Å². The Balaban J connectivity index is 1.47. The molecule has 6 rings (SSSR count). The Bertz CT molecular complexity index is 1560. The molecule has 0 aliphatic carbocycles. The SMILES string of the molecule is C=C(C)SC(=C)c1cc2sc3cc4c(cc3c2s1)sc1cc(C2=CCC=CS2)sc14. The zero-order valence-electron chi connectivity index (χ0n) is 16.1. The lowest BCUT2D eigenvalue weighted by atomic mass is 10.2. The first-order chi connectivity index (χ1) is 14.6. The minimum atomic E-state index is 1.04. The maximum absolute atomic E-state index is 4.25. The van der Waals surface area contributed by atoms with Gasteiger partial charge in [0.15, 0.2) is 0 Å². The van der Waals surface area contributed by atoms with Crippen LogP contribution in [-0.4, -0.2) is 0 Å². The molecule has 4 aromatic heterocycles. The zero-order valence-corrected chi connectivity index (χ0v) is 21.0. The molecular weight excluding hydrogens is 481 g/mol. The average Bonchev–Trinajstić information content (AvgIpc) is 3.45. The van der Waals surface area contributed by atoms with E-state index in [4.69, 9.17) is 0 Å². The van der Waals surface area contributed by atoms with Gasteiger partial charge in [0.05, 0.1) is 9.40 Å². The summed E-state index contributed by atoms with van der Waals surface area (Å²) in [7, 11) is 0. The molecule has 0 amide bonds. The molecule has 0 nitrogen and oxygen atoms in total. The van der Waals surface area contributed by atoms with Gasteiger partial charge in [0.25, 0.3) is 0 Å². The summed E-state index contributed by atoms with van der Waals surface area (Å²) in [5.41, 5.74) is 0. The Hall–Kier alpha value is -1.28.